The fraction of sp³-hybridized carbons (Fsp3) is 0.0571. The van der Waals surface area contributed by atoms with Crippen LogP contribution in [0, 0.1) is 0 Å². The Morgan fingerprint density at radius 3 is 1.21 bits per heavy atom. The lowest BCUT2D eigenvalue weighted by Crippen LogP contribution is -2.30. The third kappa shape index (κ3) is 6.09. The van der Waals surface area contributed by atoms with E-state index in [1.807, 2.05) is 0 Å². The van der Waals surface area contributed by atoms with Crippen molar-refractivity contribution in [1.29, 1.82) is 0 Å². The SMILES string of the molecule is CN(c1ccccc1)c1ccc2c(c1)C(c1ccccc1)(c1ccccc1)c1cc3c(cc1-2)C(c1ccccc1)(c1ccccc1)c1cc(N(c2ccccc2)c2cccc4c2-c2ccccc2C4)ccc1-3. The molecule has 0 N–H and O–H groups in total. The van der Waals surface area contributed by atoms with Gasteiger partial charge in [0, 0.05) is 35.4 Å². The first-order valence-corrected chi connectivity index (χ1v) is 25.2. The number of benzene rings is 11. The first-order valence-electron chi connectivity index (χ1n) is 25.2. The molecule has 0 aromatic heterocycles. The van der Waals surface area contributed by atoms with Crippen LogP contribution in [-0.4, -0.2) is 7.05 Å². The van der Waals surface area contributed by atoms with E-state index in [2.05, 4.69) is 290 Å². The lowest BCUT2D eigenvalue weighted by molar-refractivity contribution is 0.759. The van der Waals surface area contributed by atoms with E-state index >= 15 is 0 Å². The molecule has 3 aliphatic carbocycles. The Morgan fingerprint density at radius 1 is 0.292 bits per heavy atom. The number of fused-ring (bicyclic) bond motifs is 9. The molecule has 2 nitrogen and oxygen atoms in total. The zero-order chi connectivity index (χ0) is 47.8. The Balaban J connectivity index is 1.07. The summed E-state index contributed by atoms with van der Waals surface area (Å²) in [5, 5.41) is 0. The highest BCUT2D eigenvalue weighted by Gasteiger charge is 2.52. The quantitative estimate of drug-likeness (QED) is 0.142. The normalized spacial score (nSPS) is 13.8. The van der Waals surface area contributed by atoms with Crippen LogP contribution in [0.25, 0.3) is 33.4 Å². The van der Waals surface area contributed by atoms with Gasteiger partial charge >= 0.3 is 0 Å². The molecule has 14 rings (SSSR count). The zero-order valence-electron chi connectivity index (χ0n) is 40.1. The monoisotopic (exact) mass is 918 g/mol. The maximum Gasteiger partial charge on any atom is 0.0714 e. The van der Waals surface area contributed by atoms with Crippen molar-refractivity contribution < 1.29 is 0 Å². The van der Waals surface area contributed by atoms with E-state index < -0.39 is 10.8 Å². The van der Waals surface area contributed by atoms with Crippen molar-refractivity contribution in [2.75, 3.05) is 16.8 Å². The van der Waals surface area contributed by atoms with Gasteiger partial charge in [-0.3, -0.25) is 0 Å². The van der Waals surface area contributed by atoms with Crippen LogP contribution < -0.4 is 9.80 Å². The van der Waals surface area contributed by atoms with E-state index in [1.165, 1.54) is 94.7 Å². The Labute approximate surface area is 422 Å². The molecule has 0 saturated carbocycles. The first-order chi connectivity index (χ1) is 35.6. The van der Waals surface area contributed by atoms with Gasteiger partial charge < -0.3 is 9.80 Å². The molecule has 72 heavy (non-hydrogen) atoms. The lowest BCUT2D eigenvalue weighted by Gasteiger charge is -2.36. The lowest BCUT2D eigenvalue weighted by atomic mass is 9.66. The predicted octanol–water partition coefficient (Wildman–Crippen LogP) is 17.2. The highest BCUT2D eigenvalue weighted by Crippen LogP contribution is 2.63. The smallest absolute Gasteiger partial charge is 0.0714 e. The molecule has 0 saturated heterocycles. The van der Waals surface area contributed by atoms with Crippen LogP contribution in [0.3, 0.4) is 0 Å². The van der Waals surface area contributed by atoms with Gasteiger partial charge in [0.25, 0.3) is 0 Å². The standard InChI is InChI=1S/C70H50N2/c1-71(54-33-16-6-17-34-54)56-39-41-59-61-46-66-62(47-65(61)69(63(59)44-56,50-25-8-2-9-26-50)51-27-10-3-11-28-51)60-42-40-57(45-64(60)70(66,52-29-12-4-13-30-52)53-31-14-5-15-32-53)72(55-35-18-7-19-36-55)67-38-22-24-49-43-48-23-20-21-37-58(48)68(49)67/h2-42,44-47H,43H2,1H3. The fourth-order valence-corrected chi connectivity index (χ4v) is 12.9. The number of rotatable bonds is 9. The average Bonchev–Trinajstić information content (AvgIpc) is 4.08. The van der Waals surface area contributed by atoms with Gasteiger partial charge in [0.2, 0.25) is 0 Å². The fourth-order valence-electron chi connectivity index (χ4n) is 12.9. The predicted molar refractivity (Wildman–Crippen MR) is 298 cm³/mol. The Kier molecular flexibility index (Phi) is 9.66. The number of nitrogens with zero attached hydrogens (tertiary/aromatic N) is 2. The van der Waals surface area contributed by atoms with Crippen LogP contribution in [0.1, 0.15) is 55.6 Å². The summed E-state index contributed by atoms with van der Waals surface area (Å²) in [5.74, 6) is 0. The van der Waals surface area contributed by atoms with E-state index in [0.717, 1.165) is 29.2 Å². The van der Waals surface area contributed by atoms with Crippen LogP contribution >= 0.6 is 0 Å². The van der Waals surface area contributed by atoms with E-state index in [0.29, 0.717) is 0 Å². The molecule has 340 valence electrons. The number of anilines is 5. The molecule has 0 heterocycles. The van der Waals surface area contributed by atoms with Gasteiger partial charge in [0.05, 0.1) is 16.5 Å². The summed E-state index contributed by atoms with van der Waals surface area (Å²) in [4.78, 5) is 4.82. The van der Waals surface area contributed by atoms with Gasteiger partial charge in [-0.15, -0.1) is 0 Å². The third-order valence-corrected chi connectivity index (χ3v) is 16.0. The van der Waals surface area contributed by atoms with Crippen LogP contribution in [0.5, 0.6) is 0 Å². The van der Waals surface area contributed by atoms with Crippen LogP contribution in [0.4, 0.5) is 28.4 Å². The summed E-state index contributed by atoms with van der Waals surface area (Å²) in [6.45, 7) is 0. The molecule has 0 radical (unpaired) electrons. The van der Waals surface area contributed by atoms with Crippen molar-refractivity contribution in [3.05, 3.63) is 329 Å². The minimum atomic E-state index is -0.663. The molecule has 0 bridgehead atoms. The van der Waals surface area contributed by atoms with Crippen molar-refractivity contribution in [2.24, 2.45) is 0 Å². The van der Waals surface area contributed by atoms with Crippen molar-refractivity contribution in [2.45, 2.75) is 17.3 Å². The average molecular weight is 919 g/mol. The third-order valence-electron chi connectivity index (χ3n) is 16.0. The Bertz CT molecular complexity index is 3750. The summed E-state index contributed by atoms with van der Waals surface area (Å²) in [6.07, 6.45) is 0.929. The van der Waals surface area contributed by atoms with Gasteiger partial charge in [-0.1, -0.05) is 206 Å². The summed E-state index contributed by atoms with van der Waals surface area (Å²) >= 11 is 0. The zero-order valence-corrected chi connectivity index (χ0v) is 40.1. The molecule has 0 unspecified atom stereocenters. The Morgan fingerprint density at radius 2 is 0.694 bits per heavy atom. The summed E-state index contributed by atoms with van der Waals surface area (Å²) < 4.78 is 0. The topological polar surface area (TPSA) is 6.48 Å². The van der Waals surface area contributed by atoms with Crippen LogP contribution in [-0.2, 0) is 17.3 Å². The second-order valence-electron chi connectivity index (χ2n) is 19.6. The molecular weight excluding hydrogens is 869 g/mol. The molecule has 0 atom stereocenters. The molecule has 0 aliphatic heterocycles. The highest BCUT2D eigenvalue weighted by atomic mass is 15.1. The van der Waals surface area contributed by atoms with Gasteiger partial charge in [-0.05, 0) is 157 Å². The van der Waals surface area contributed by atoms with Crippen LogP contribution in [0.2, 0.25) is 0 Å². The van der Waals surface area contributed by atoms with E-state index in [9.17, 15) is 0 Å². The summed E-state index contributed by atoms with van der Waals surface area (Å²) in [5.41, 5.74) is 25.0. The summed E-state index contributed by atoms with van der Waals surface area (Å²) in [6, 6.07) is 102. The Hall–Kier alpha value is -8.98. The van der Waals surface area contributed by atoms with Crippen molar-refractivity contribution in [3.63, 3.8) is 0 Å². The molecule has 0 fully saturated rings. The van der Waals surface area contributed by atoms with Crippen molar-refractivity contribution in [1.82, 2.24) is 0 Å². The molecule has 2 heteroatoms. The highest BCUT2D eigenvalue weighted by molar-refractivity contribution is 5.98. The molecule has 3 aliphatic rings. The largest absolute Gasteiger partial charge is 0.345 e. The second-order valence-corrected chi connectivity index (χ2v) is 19.6. The molecule has 0 amide bonds. The van der Waals surface area contributed by atoms with Crippen molar-refractivity contribution >= 4 is 28.4 Å². The van der Waals surface area contributed by atoms with Crippen molar-refractivity contribution in [3.8, 4) is 33.4 Å². The van der Waals surface area contributed by atoms with E-state index in [-0.39, 0.29) is 0 Å². The number of para-hydroxylation sites is 2. The second kappa shape index (κ2) is 16.6. The summed E-state index contributed by atoms with van der Waals surface area (Å²) in [7, 11) is 2.18. The maximum atomic E-state index is 2.59. The van der Waals surface area contributed by atoms with E-state index in [4.69, 9.17) is 0 Å². The molecule has 0 spiro atoms. The van der Waals surface area contributed by atoms with Gasteiger partial charge in [-0.25, -0.2) is 0 Å². The number of hydrogen-bond acceptors (Lipinski definition) is 2. The van der Waals surface area contributed by atoms with Crippen LogP contribution in [0.15, 0.2) is 273 Å². The van der Waals surface area contributed by atoms with Gasteiger partial charge in [0.1, 0.15) is 0 Å². The molecule has 11 aromatic rings. The number of hydrogen-bond donors (Lipinski definition) is 0. The molecular formula is C70H50N2. The maximum absolute atomic E-state index is 2.59. The first kappa shape index (κ1) is 41.9. The van der Waals surface area contributed by atoms with Gasteiger partial charge in [-0.2, -0.15) is 0 Å². The minimum absolute atomic E-state index is 0.616. The van der Waals surface area contributed by atoms with E-state index in [1.54, 1.807) is 0 Å². The minimum Gasteiger partial charge on any atom is -0.345 e. The van der Waals surface area contributed by atoms with Gasteiger partial charge in [0.15, 0.2) is 0 Å². The molecule has 11 aromatic carbocycles.